The van der Waals surface area contributed by atoms with Crippen LogP contribution in [0.2, 0.25) is 0 Å². The van der Waals surface area contributed by atoms with Crippen LogP contribution in [0, 0.1) is 5.82 Å². The van der Waals surface area contributed by atoms with Crippen LogP contribution >= 0.6 is 0 Å². The third-order valence-corrected chi connectivity index (χ3v) is 4.02. The van der Waals surface area contributed by atoms with Crippen molar-refractivity contribution < 1.29 is 4.39 Å². The summed E-state index contributed by atoms with van der Waals surface area (Å²) in [4.78, 5) is 29.1. The fraction of sp³-hybridized carbons (Fsp3) is 0.222. The molecule has 0 fully saturated rings. The summed E-state index contributed by atoms with van der Waals surface area (Å²) in [7, 11) is 2.97. The maximum absolute atomic E-state index is 13.0. The summed E-state index contributed by atoms with van der Waals surface area (Å²) < 4.78 is 16.9. The minimum absolute atomic E-state index is 0.254. The lowest BCUT2D eigenvalue weighted by Crippen LogP contribution is -2.37. The Morgan fingerprint density at radius 1 is 1.26 bits per heavy atom. The molecule has 0 saturated carbocycles. The fourth-order valence-electron chi connectivity index (χ4n) is 2.67. The molecule has 1 N–H and O–H groups in total. The van der Waals surface area contributed by atoms with Gasteiger partial charge in [0.15, 0.2) is 11.2 Å². The first kappa shape index (κ1) is 18.3. The molecule has 140 valence electrons. The number of imidazole rings is 1. The average molecular weight is 370 g/mol. The van der Waals surface area contributed by atoms with Crippen molar-refractivity contribution in [1.29, 1.82) is 0 Å². The first-order valence-electron chi connectivity index (χ1n) is 8.15. The number of fused-ring (bicyclic) bond motifs is 1. The molecule has 2 heterocycles. The fourth-order valence-corrected chi connectivity index (χ4v) is 2.67. The second-order valence-electron chi connectivity index (χ2n) is 6.28. The van der Waals surface area contributed by atoms with Crippen molar-refractivity contribution in [2.75, 3.05) is 5.43 Å². The van der Waals surface area contributed by atoms with E-state index in [1.54, 1.807) is 23.7 Å². The van der Waals surface area contributed by atoms with E-state index >= 15 is 0 Å². The maximum atomic E-state index is 13.0. The van der Waals surface area contributed by atoms with Gasteiger partial charge in [-0.3, -0.25) is 18.5 Å². The van der Waals surface area contributed by atoms with E-state index < -0.39 is 11.2 Å². The van der Waals surface area contributed by atoms with Gasteiger partial charge in [-0.15, -0.1) is 0 Å². The number of halogens is 1. The van der Waals surface area contributed by atoms with Crippen molar-refractivity contribution in [1.82, 2.24) is 18.7 Å². The number of nitrogens with zero attached hydrogens (tertiary/aromatic N) is 5. The normalized spacial score (nSPS) is 11.4. The Labute approximate surface area is 153 Å². The molecule has 0 bridgehead atoms. The zero-order valence-electron chi connectivity index (χ0n) is 15.2. The minimum Gasteiger partial charge on any atom is -0.299 e. The van der Waals surface area contributed by atoms with Crippen LogP contribution in [0.25, 0.3) is 11.2 Å². The highest BCUT2D eigenvalue weighted by Gasteiger charge is 2.18. The molecule has 2 aromatic heterocycles. The van der Waals surface area contributed by atoms with Crippen LogP contribution in [-0.4, -0.2) is 24.9 Å². The summed E-state index contributed by atoms with van der Waals surface area (Å²) in [5, 5.41) is 4.10. The second-order valence-corrected chi connectivity index (χ2v) is 6.28. The highest BCUT2D eigenvalue weighted by atomic mass is 19.1. The number of anilines is 1. The molecule has 0 aliphatic heterocycles. The lowest BCUT2D eigenvalue weighted by Gasteiger charge is -2.08. The van der Waals surface area contributed by atoms with E-state index in [0.29, 0.717) is 18.1 Å². The Hall–Kier alpha value is -3.49. The molecule has 0 radical (unpaired) electrons. The van der Waals surface area contributed by atoms with E-state index in [2.05, 4.69) is 22.1 Å². The Morgan fingerprint density at radius 3 is 2.56 bits per heavy atom. The number of aromatic nitrogens is 4. The Kier molecular flexibility index (Phi) is 4.76. The van der Waals surface area contributed by atoms with Crippen LogP contribution in [0.3, 0.4) is 0 Å². The molecule has 0 unspecified atom stereocenters. The van der Waals surface area contributed by atoms with E-state index in [1.165, 1.54) is 30.0 Å². The first-order chi connectivity index (χ1) is 12.8. The number of nitrogens with one attached hydrogen (secondary N) is 1. The molecule has 0 atom stereocenters. The average Bonchev–Trinajstić information content (AvgIpc) is 2.98. The molecule has 0 spiro atoms. The molecular formula is C18H19FN6O2. The number of rotatable bonds is 5. The summed E-state index contributed by atoms with van der Waals surface area (Å²) in [6, 6.07) is 5.82. The number of allylic oxidation sites excluding steroid dienone is 1. The van der Waals surface area contributed by atoms with Crippen LogP contribution in [-0.2, 0) is 20.6 Å². The maximum Gasteiger partial charge on any atom is 0.332 e. The van der Waals surface area contributed by atoms with E-state index in [1.807, 2.05) is 6.92 Å². The van der Waals surface area contributed by atoms with Crippen molar-refractivity contribution in [3.8, 4) is 0 Å². The lowest BCUT2D eigenvalue weighted by molar-refractivity contribution is 0.628. The third-order valence-electron chi connectivity index (χ3n) is 4.02. The predicted molar refractivity (Wildman–Crippen MR) is 103 cm³/mol. The molecule has 8 nitrogen and oxygen atoms in total. The predicted octanol–water partition coefficient (Wildman–Crippen LogP) is 1.59. The van der Waals surface area contributed by atoms with Crippen molar-refractivity contribution >= 4 is 23.3 Å². The monoisotopic (exact) mass is 370 g/mol. The van der Waals surface area contributed by atoms with E-state index in [0.717, 1.165) is 10.1 Å². The Balaban J connectivity index is 2.09. The molecule has 0 amide bonds. The summed E-state index contributed by atoms with van der Waals surface area (Å²) in [5.74, 6) is -0.0372. The molecule has 0 aliphatic rings. The van der Waals surface area contributed by atoms with Gasteiger partial charge < -0.3 is 0 Å². The minimum atomic E-state index is -0.464. The van der Waals surface area contributed by atoms with E-state index in [9.17, 15) is 14.0 Å². The van der Waals surface area contributed by atoms with Gasteiger partial charge in [0.25, 0.3) is 5.56 Å². The molecule has 1 aromatic carbocycles. The zero-order chi connectivity index (χ0) is 19.7. The highest BCUT2D eigenvalue weighted by molar-refractivity contribution is 5.80. The van der Waals surface area contributed by atoms with Gasteiger partial charge in [0.1, 0.15) is 5.82 Å². The van der Waals surface area contributed by atoms with Crippen LogP contribution in [0.15, 0.2) is 51.1 Å². The summed E-state index contributed by atoms with van der Waals surface area (Å²) in [6.07, 6.45) is 1.50. The van der Waals surface area contributed by atoms with Gasteiger partial charge in [-0.1, -0.05) is 24.3 Å². The van der Waals surface area contributed by atoms with Gasteiger partial charge in [0.05, 0.1) is 6.21 Å². The standard InChI is InChI=1S/C18H19FN6O2/c1-11(2)10-25-14-15(23(3)18(27)24(4)16(14)26)21-17(25)22-20-9-12-5-7-13(19)8-6-12/h5-9H,1,10H2,2-4H3,(H,21,22)/b20-9+. The SMILES string of the molecule is C=C(C)Cn1c(N/N=C/c2ccc(F)cc2)nc2c1c(=O)n(C)c(=O)n2C. The van der Waals surface area contributed by atoms with Crippen LogP contribution in [0.5, 0.6) is 0 Å². The Morgan fingerprint density at radius 2 is 1.93 bits per heavy atom. The van der Waals surface area contributed by atoms with Gasteiger partial charge >= 0.3 is 5.69 Å². The number of hydrogen-bond acceptors (Lipinski definition) is 5. The van der Waals surface area contributed by atoms with Crippen molar-refractivity contribution in [2.24, 2.45) is 19.2 Å². The lowest BCUT2D eigenvalue weighted by atomic mass is 10.2. The summed E-state index contributed by atoms with van der Waals surface area (Å²) in [5.41, 5.74) is 3.90. The van der Waals surface area contributed by atoms with Crippen LogP contribution in [0.4, 0.5) is 10.3 Å². The molecule has 0 aliphatic carbocycles. The van der Waals surface area contributed by atoms with Crippen LogP contribution < -0.4 is 16.7 Å². The smallest absolute Gasteiger partial charge is 0.299 e. The van der Waals surface area contributed by atoms with Gasteiger partial charge in [0, 0.05) is 20.6 Å². The molecule has 3 rings (SSSR count). The molecule has 9 heteroatoms. The van der Waals surface area contributed by atoms with Crippen molar-refractivity contribution in [2.45, 2.75) is 13.5 Å². The van der Waals surface area contributed by atoms with Crippen molar-refractivity contribution in [3.05, 3.63) is 68.6 Å². The van der Waals surface area contributed by atoms with Crippen LogP contribution in [0.1, 0.15) is 12.5 Å². The highest BCUT2D eigenvalue weighted by Crippen LogP contribution is 2.17. The Bertz CT molecular complexity index is 1170. The van der Waals surface area contributed by atoms with Gasteiger partial charge in [0.2, 0.25) is 5.95 Å². The van der Waals surface area contributed by atoms with Crippen molar-refractivity contribution in [3.63, 3.8) is 0 Å². The first-order valence-corrected chi connectivity index (χ1v) is 8.15. The van der Waals surface area contributed by atoms with E-state index in [-0.39, 0.29) is 17.0 Å². The topological polar surface area (TPSA) is 86.2 Å². The molecular weight excluding hydrogens is 351 g/mol. The number of benzene rings is 1. The molecule has 3 aromatic rings. The second kappa shape index (κ2) is 7.02. The number of hydrazone groups is 1. The molecule has 27 heavy (non-hydrogen) atoms. The molecule has 0 saturated heterocycles. The van der Waals surface area contributed by atoms with Gasteiger partial charge in [-0.25, -0.2) is 14.6 Å². The summed E-state index contributed by atoms with van der Waals surface area (Å²) >= 11 is 0. The van der Waals surface area contributed by atoms with Gasteiger partial charge in [-0.05, 0) is 24.6 Å². The third kappa shape index (κ3) is 3.43. The quantitative estimate of drug-likeness (QED) is 0.420. The zero-order valence-corrected chi connectivity index (χ0v) is 15.2. The van der Waals surface area contributed by atoms with E-state index in [4.69, 9.17) is 0 Å². The number of hydrogen-bond donors (Lipinski definition) is 1. The largest absolute Gasteiger partial charge is 0.332 e. The summed E-state index contributed by atoms with van der Waals surface area (Å²) in [6.45, 7) is 6.03. The van der Waals surface area contributed by atoms with Gasteiger partial charge in [-0.2, -0.15) is 10.1 Å². The number of aryl methyl sites for hydroxylation is 1.